The van der Waals surface area contributed by atoms with Gasteiger partial charge in [-0.3, -0.25) is 9.59 Å². The van der Waals surface area contributed by atoms with Crippen LogP contribution in [0.25, 0.3) is 10.2 Å². The van der Waals surface area contributed by atoms with Gasteiger partial charge in [-0.15, -0.1) is 11.3 Å². The number of carbonyl (C=O) groups is 2. The Kier molecular flexibility index (Phi) is 5.11. The number of piperidine rings is 1. The predicted molar refractivity (Wildman–Crippen MR) is 92.6 cm³/mol. The van der Waals surface area contributed by atoms with Gasteiger partial charge in [-0.05, 0) is 37.3 Å². The highest BCUT2D eigenvalue weighted by Gasteiger charge is 2.35. The molecule has 0 saturated carbocycles. The van der Waals surface area contributed by atoms with Crippen LogP contribution >= 0.6 is 11.3 Å². The van der Waals surface area contributed by atoms with Crippen LogP contribution < -0.4 is 5.73 Å². The van der Waals surface area contributed by atoms with Crippen molar-refractivity contribution in [3.63, 3.8) is 0 Å². The fraction of sp³-hybridized carbons (Fsp3) is 0.471. The van der Waals surface area contributed by atoms with Crippen molar-refractivity contribution in [3.8, 4) is 0 Å². The summed E-state index contributed by atoms with van der Waals surface area (Å²) in [7, 11) is 0. The normalized spacial score (nSPS) is 17.1. The average molecular weight is 347 g/mol. The fourth-order valence-electron chi connectivity index (χ4n) is 3.17. The molecular formula is C17H21N3O3S. The van der Waals surface area contributed by atoms with E-state index in [4.69, 9.17) is 10.8 Å². The van der Waals surface area contributed by atoms with Crippen LogP contribution in [0.2, 0.25) is 0 Å². The lowest BCUT2D eigenvalue weighted by Crippen LogP contribution is -2.44. The van der Waals surface area contributed by atoms with Gasteiger partial charge in [-0.25, -0.2) is 4.98 Å². The van der Waals surface area contributed by atoms with Crippen LogP contribution in [0.1, 0.15) is 30.2 Å². The van der Waals surface area contributed by atoms with Crippen LogP contribution in [-0.2, 0) is 9.59 Å². The van der Waals surface area contributed by atoms with Crippen LogP contribution in [0.4, 0.5) is 0 Å². The molecule has 1 aliphatic rings. The average Bonchev–Trinajstić information content (AvgIpc) is 2.98. The van der Waals surface area contributed by atoms with E-state index in [1.54, 1.807) is 4.90 Å². The number of nitrogens with zero attached hydrogens (tertiary/aromatic N) is 2. The molecule has 0 aliphatic carbocycles. The Morgan fingerprint density at radius 2 is 2.04 bits per heavy atom. The molecular weight excluding hydrogens is 326 g/mol. The van der Waals surface area contributed by atoms with Crippen LogP contribution in [0.5, 0.6) is 0 Å². The van der Waals surface area contributed by atoms with Crippen LogP contribution in [0.3, 0.4) is 0 Å². The maximum Gasteiger partial charge on any atom is 0.242 e. The van der Waals surface area contributed by atoms with Gasteiger partial charge in [0.2, 0.25) is 11.8 Å². The maximum absolute atomic E-state index is 12.8. The third-order valence-electron chi connectivity index (χ3n) is 4.55. The van der Waals surface area contributed by atoms with Gasteiger partial charge in [0.1, 0.15) is 5.01 Å². The standard InChI is InChI=1S/C17H21N3O3S/c18-15(22)14(16-19-12-3-1-2-4-13(12)24-16)17(23)20-8-5-11(6-9-20)7-10-21/h1-4,11,14,21H,5-10H2,(H2,18,22)/t14-/m1/s1. The van der Waals surface area contributed by atoms with Crippen molar-refractivity contribution in [2.75, 3.05) is 19.7 Å². The zero-order valence-corrected chi connectivity index (χ0v) is 14.2. The molecule has 0 spiro atoms. The van der Waals surface area contributed by atoms with E-state index in [0.717, 1.165) is 29.5 Å². The summed E-state index contributed by atoms with van der Waals surface area (Å²) in [5, 5.41) is 9.49. The number of aromatic nitrogens is 1. The van der Waals surface area contributed by atoms with E-state index < -0.39 is 11.8 Å². The minimum Gasteiger partial charge on any atom is -0.396 e. The third-order valence-corrected chi connectivity index (χ3v) is 5.65. The maximum atomic E-state index is 12.8. The molecule has 1 aromatic heterocycles. The number of primary amides is 1. The Labute approximate surface area is 144 Å². The molecule has 1 aliphatic heterocycles. The number of hydrogen-bond donors (Lipinski definition) is 2. The van der Waals surface area contributed by atoms with Crippen molar-refractivity contribution in [2.24, 2.45) is 11.7 Å². The van der Waals surface area contributed by atoms with E-state index in [9.17, 15) is 9.59 Å². The van der Waals surface area contributed by atoms with Gasteiger partial charge >= 0.3 is 0 Å². The van der Waals surface area contributed by atoms with E-state index in [0.29, 0.717) is 24.0 Å². The van der Waals surface area contributed by atoms with Gasteiger partial charge in [-0.2, -0.15) is 0 Å². The Hall–Kier alpha value is -1.99. The zero-order valence-electron chi connectivity index (χ0n) is 13.4. The number of aliphatic hydroxyl groups is 1. The number of aliphatic hydroxyl groups excluding tert-OH is 1. The molecule has 2 aromatic rings. The van der Waals surface area contributed by atoms with Gasteiger partial charge in [0.25, 0.3) is 0 Å². The smallest absolute Gasteiger partial charge is 0.242 e. The van der Waals surface area contributed by atoms with E-state index >= 15 is 0 Å². The molecule has 0 unspecified atom stereocenters. The molecule has 1 aromatic carbocycles. The van der Waals surface area contributed by atoms with Gasteiger partial charge in [0.05, 0.1) is 10.2 Å². The van der Waals surface area contributed by atoms with Gasteiger partial charge < -0.3 is 15.7 Å². The van der Waals surface area contributed by atoms with Crippen molar-refractivity contribution in [2.45, 2.75) is 25.2 Å². The molecule has 0 bridgehead atoms. The molecule has 128 valence electrons. The van der Waals surface area contributed by atoms with Crippen molar-refractivity contribution in [3.05, 3.63) is 29.3 Å². The van der Waals surface area contributed by atoms with E-state index in [2.05, 4.69) is 4.98 Å². The summed E-state index contributed by atoms with van der Waals surface area (Å²) >= 11 is 1.34. The number of carbonyl (C=O) groups excluding carboxylic acids is 2. The molecule has 1 fully saturated rings. The summed E-state index contributed by atoms with van der Waals surface area (Å²) in [6.07, 6.45) is 2.45. The second-order valence-corrected chi connectivity index (χ2v) is 7.20. The highest BCUT2D eigenvalue weighted by molar-refractivity contribution is 7.18. The Morgan fingerprint density at radius 3 is 2.67 bits per heavy atom. The lowest BCUT2D eigenvalue weighted by Gasteiger charge is -2.33. The summed E-state index contributed by atoms with van der Waals surface area (Å²) < 4.78 is 0.938. The topological polar surface area (TPSA) is 96.5 Å². The molecule has 1 saturated heterocycles. The highest BCUT2D eigenvalue weighted by atomic mass is 32.1. The number of rotatable bonds is 5. The minimum absolute atomic E-state index is 0.175. The summed E-state index contributed by atoms with van der Waals surface area (Å²) in [6, 6.07) is 7.55. The Bertz CT molecular complexity index is 705. The monoisotopic (exact) mass is 347 g/mol. The minimum atomic E-state index is -1.02. The summed E-state index contributed by atoms with van der Waals surface area (Å²) in [5.74, 6) is -1.49. The van der Waals surface area contributed by atoms with E-state index in [-0.39, 0.29) is 12.5 Å². The van der Waals surface area contributed by atoms with Crippen molar-refractivity contribution in [1.29, 1.82) is 0 Å². The summed E-state index contributed by atoms with van der Waals surface area (Å²) in [4.78, 5) is 30.9. The quantitative estimate of drug-likeness (QED) is 0.801. The Morgan fingerprint density at radius 1 is 1.33 bits per heavy atom. The molecule has 1 atom stereocenters. The molecule has 0 radical (unpaired) electrons. The van der Waals surface area contributed by atoms with Crippen molar-refractivity contribution in [1.82, 2.24) is 9.88 Å². The van der Waals surface area contributed by atoms with Crippen LogP contribution in [0.15, 0.2) is 24.3 Å². The number of para-hydroxylation sites is 1. The zero-order chi connectivity index (χ0) is 17.1. The molecule has 6 nitrogen and oxygen atoms in total. The van der Waals surface area contributed by atoms with Crippen molar-refractivity contribution < 1.29 is 14.7 Å². The van der Waals surface area contributed by atoms with Gasteiger partial charge in [-0.1, -0.05) is 12.1 Å². The van der Waals surface area contributed by atoms with Gasteiger partial charge in [0, 0.05) is 19.7 Å². The second kappa shape index (κ2) is 7.27. The predicted octanol–water partition coefficient (Wildman–Crippen LogP) is 1.49. The molecule has 2 amide bonds. The summed E-state index contributed by atoms with van der Waals surface area (Å²) in [6.45, 7) is 1.37. The van der Waals surface area contributed by atoms with E-state index in [1.165, 1.54) is 11.3 Å². The molecule has 7 heteroatoms. The number of thiazole rings is 1. The number of likely N-dealkylation sites (tertiary alicyclic amines) is 1. The SMILES string of the molecule is NC(=O)[C@@H](C(=O)N1CCC(CCO)CC1)c1nc2ccccc2s1. The third kappa shape index (κ3) is 3.42. The highest BCUT2D eigenvalue weighted by Crippen LogP contribution is 2.30. The largest absolute Gasteiger partial charge is 0.396 e. The lowest BCUT2D eigenvalue weighted by molar-refractivity contribution is -0.138. The first-order valence-corrected chi connectivity index (χ1v) is 8.96. The molecule has 2 heterocycles. The van der Waals surface area contributed by atoms with Gasteiger partial charge in [0.15, 0.2) is 5.92 Å². The molecule has 3 rings (SSSR count). The number of nitrogens with two attached hydrogens (primary N) is 1. The fourth-order valence-corrected chi connectivity index (χ4v) is 4.24. The Balaban J connectivity index is 1.78. The van der Waals surface area contributed by atoms with Crippen molar-refractivity contribution >= 4 is 33.4 Å². The second-order valence-electron chi connectivity index (χ2n) is 6.14. The van der Waals surface area contributed by atoms with Crippen LogP contribution in [0, 0.1) is 5.92 Å². The first-order valence-electron chi connectivity index (χ1n) is 8.14. The molecule has 24 heavy (non-hydrogen) atoms. The van der Waals surface area contributed by atoms with E-state index in [1.807, 2.05) is 24.3 Å². The first-order chi connectivity index (χ1) is 11.6. The number of fused-ring (bicyclic) bond motifs is 1. The number of amides is 2. The number of benzene rings is 1. The van der Waals surface area contributed by atoms with Crippen LogP contribution in [-0.4, -0.2) is 46.5 Å². The first kappa shape index (κ1) is 16.9. The molecule has 3 N–H and O–H groups in total. The lowest BCUT2D eigenvalue weighted by atomic mass is 9.93. The summed E-state index contributed by atoms with van der Waals surface area (Å²) in [5.41, 5.74) is 6.30. The number of hydrogen-bond acceptors (Lipinski definition) is 5.